The van der Waals surface area contributed by atoms with Crippen LogP contribution in [0.4, 0.5) is 13.2 Å². The van der Waals surface area contributed by atoms with Crippen LogP contribution in [0.1, 0.15) is 31.2 Å². The summed E-state index contributed by atoms with van der Waals surface area (Å²) in [4.78, 5) is 27.0. The van der Waals surface area contributed by atoms with Crippen molar-refractivity contribution in [3.8, 4) is 0 Å². The van der Waals surface area contributed by atoms with Crippen molar-refractivity contribution in [2.45, 2.75) is 38.0 Å². The number of rotatable bonds is 5. The van der Waals surface area contributed by atoms with E-state index in [1.165, 1.54) is 12.3 Å². The molecule has 0 saturated heterocycles. The van der Waals surface area contributed by atoms with E-state index in [1.54, 1.807) is 0 Å². The maximum absolute atomic E-state index is 13.3. The van der Waals surface area contributed by atoms with Gasteiger partial charge in [-0.2, -0.15) is 0 Å². The Bertz CT molecular complexity index is 553. The topological polar surface area (TPSA) is 56.3 Å². The summed E-state index contributed by atoms with van der Waals surface area (Å²) >= 11 is 0. The zero-order valence-corrected chi connectivity index (χ0v) is 11.9. The normalized spacial score (nSPS) is 18.0. The van der Waals surface area contributed by atoms with Gasteiger partial charge < -0.3 is 4.74 Å². The fourth-order valence-electron chi connectivity index (χ4n) is 2.36. The molecule has 1 aliphatic carbocycles. The maximum atomic E-state index is 13.3. The third kappa shape index (κ3) is 4.54. The molecule has 2 rings (SSSR count). The molecule has 7 heteroatoms. The number of alkyl halides is 2. The van der Waals surface area contributed by atoms with Gasteiger partial charge in [-0.05, 0) is 24.5 Å². The van der Waals surface area contributed by atoms with Gasteiger partial charge in [0.1, 0.15) is 12.4 Å². The van der Waals surface area contributed by atoms with Crippen LogP contribution in [0.25, 0.3) is 0 Å². The van der Waals surface area contributed by atoms with Crippen molar-refractivity contribution < 1.29 is 27.5 Å². The van der Waals surface area contributed by atoms with E-state index in [-0.39, 0.29) is 37.7 Å². The Kier molecular flexibility index (Phi) is 5.15. The second-order valence-electron chi connectivity index (χ2n) is 5.42. The van der Waals surface area contributed by atoms with Crippen LogP contribution in [0.3, 0.4) is 0 Å². The van der Waals surface area contributed by atoms with Gasteiger partial charge in [0.15, 0.2) is 5.78 Å². The Balaban J connectivity index is 1.77. The van der Waals surface area contributed by atoms with Gasteiger partial charge >= 0.3 is 5.97 Å². The smallest absolute Gasteiger partial charge is 0.309 e. The van der Waals surface area contributed by atoms with Gasteiger partial charge in [-0.25, -0.2) is 13.2 Å². The van der Waals surface area contributed by atoms with Gasteiger partial charge in [-0.1, -0.05) is 0 Å². The number of ketones is 1. The highest BCUT2D eigenvalue weighted by Crippen LogP contribution is 2.36. The average molecular weight is 315 g/mol. The molecule has 4 nitrogen and oxygen atoms in total. The molecule has 0 unspecified atom stereocenters. The number of hydrogen-bond acceptors (Lipinski definition) is 4. The van der Waals surface area contributed by atoms with E-state index in [9.17, 15) is 22.8 Å². The molecular formula is C15H16F3NO3. The minimum atomic E-state index is -2.72. The Morgan fingerprint density at radius 2 is 2.00 bits per heavy atom. The van der Waals surface area contributed by atoms with E-state index in [4.69, 9.17) is 4.74 Å². The van der Waals surface area contributed by atoms with Crippen molar-refractivity contribution in [3.05, 3.63) is 29.8 Å². The molecule has 1 saturated carbocycles. The lowest BCUT2D eigenvalue weighted by Gasteiger charge is -2.26. The Labute approximate surface area is 125 Å². The number of nitrogens with zero attached hydrogens (tertiary/aromatic N) is 1. The summed E-state index contributed by atoms with van der Waals surface area (Å²) in [5.74, 6) is -5.01. The van der Waals surface area contributed by atoms with Gasteiger partial charge in [-0.3, -0.25) is 14.6 Å². The number of aromatic nitrogens is 1. The first-order valence-corrected chi connectivity index (χ1v) is 7.02. The van der Waals surface area contributed by atoms with Crippen LogP contribution in [0.2, 0.25) is 0 Å². The summed E-state index contributed by atoms with van der Waals surface area (Å²) in [6, 6.07) is 1.37. The zero-order chi connectivity index (χ0) is 16.2. The van der Waals surface area contributed by atoms with Crippen LogP contribution in [0.5, 0.6) is 0 Å². The largest absolute Gasteiger partial charge is 0.457 e. The highest BCUT2D eigenvalue weighted by molar-refractivity contribution is 5.84. The third-order valence-corrected chi connectivity index (χ3v) is 3.67. The lowest BCUT2D eigenvalue weighted by atomic mass is 9.87. The van der Waals surface area contributed by atoms with E-state index in [2.05, 4.69) is 4.98 Å². The fraction of sp³-hybridized carbons (Fsp3) is 0.533. The molecule has 0 aromatic carbocycles. The zero-order valence-electron chi connectivity index (χ0n) is 11.9. The number of carbonyl (C=O) groups excluding carboxylic acids is 2. The first-order valence-electron chi connectivity index (χ1n) is 7.02. The number of esters is 1. The SMILES string of the molecule is O=C(COC(=O)C1CCC(F)(F)CC1)Cc1ccncc1F. The van der Waals surface area contributed by atoms with Gasteiger partial charge in [-0.15, -0.1) is 0 Å². The lowest BCUT2D eigenvalue weighted by molar-refractivity contribution is -0.155. The molecule has 1 heterocycles. The van der Waals surface area contributed by atoms with E-state index in [1.807, 2.05) is 0 Å². The molecule has 0 N–H and O–H groups in total. The van der Waals surface area contributed by atoms with Gasteiger partial charge in [0, 0.05) is 25.5 Å². The lowest BCUT2D eigenvalue weighted by Crippen LogP contribution is -2.30. The predicted octanol–water partition coefficient (Wildman–Crippen LogP) is 2.70. The number of Topliss-reactive ketones (excluding diaryl/α,β-unsaturated/α-hetero) is 1. The molecule has 0 aliphatic heterocycles. The first kappa shape index (κ1) is 16.5. The Morgan fingerprint density at radius 3 is 2.64 bits per heavy atom. The van der Waals surface area contributed by atoms with Gasteiger partial charge in [0.25, 0.3) is 0 Å². The summed E-state index contributed by atoms with van der Waals surface area (Å²) < 4.78 is 44.1. The minimum absolute atomic E-state index is 0.0546. The third-order valence-electron chi connectivity index (χ3n) is 3.67. The van der Waals surface area contributed by atoms with Crippen LogP contribution >= 0.6 is 0 Å². The quantitative estimate of drug-likeness (QED) is 0.784. The standard InChI is InChI=1S/C15H16F3NO3/c16-13-8-19-6-3-11(13)7-12(20)9-22-14(21)10-1-4-15(17,18)5-2-10/h3,6,8,10H,1-2,4-5,7,9H2. The Hall–Kier alpha value is -1.92. The molecule has 1 aromatic rings. The van der Waals surface area contributed by atoms with Gasteiger partial charge in [0.2, 0.25) is 5.92 Å². The molecule has 0 atom stereocenters. The maximum Gasteiger partial charge on any atom is 0.309 e. The molecule has 1 fully saturated rings. The summed E-state index contributed by atoms with van der Waals surface area (Å²) in [6.45, 7) is -0.479. The molecule has 120 valence electrons. The summed E-state index contributed by atoms with van der Waals surface area (Å²) in [5.41, 5.74) is 0.174. The fourth-order valence-corrected chi connectivity index (χ4v) is 2.36. The highest BCUT2D eigenvalue weighted by Gasteiger charge is 2.38. The second kappa shape index (κ2) is 6.89. The number of carbonyl (C=O) groups is 2. The van der Waals surface area contributed by atoms with Crippen LogP contribution in [-0.2, 0) is 20.7 Å². The van der Waals surface area contributed by atoms with Crippen molar-refractivity contribution in [3.63, 3.8) is 0 Å². The molecule has 0 spiro atoms. The monoisotopic (exact) mass is 315 g/mol. The summed E-state index contributed by atoms with van der Waals surface area (Å²) in [6.07, 6.45) is 1.57. The molecule has 0 amide bonds. The van der Waals surface area contributed by atoms with Crippen LogP contribution in [0, 0.1) is 11.7 Å². The van der Waals surface area contributed by atoms with Crippen molar-refractivity contribution in [2.24, 2.45) is 5.92 Å². The van der Waals surface area contributed by atoms with Crippen LogP contribution < -0.4 is 0 Å². The van der Waals surface area contributed by atoms with Crippen molar-refractivity contribution in [1.29, 1.82) is 0 Å². The molecule has 1 aromatic heterocycles. The van der Waals surface area contributed by atoms with E-state index in [0.717, 1.165) is 6.20 Å². The second-order valence-corrected chi connectivity index (χ2v) is 5.42. The van der Waals surface area contributed by atoms with Gasteiger partial charge in [0.05, 0.1) is 12.1 Å². The average Bonchev–Trinajstić information content (AvgIpc) is 2.47. The first-order chi connectivity index (χ1) is 10.4. The van der Waals surface area contributed by atoms with E-state index < -0.39 is 36.0 Å². The Morgan fingerprint density at radius 1 is 1.32 bits per heavy atom. The number of ether oxygens (including phenoxy) is 1. The van der Waals surface area contributed by atoms with Crippen LogP contribution in [0.15, 0.2) is 18.5 Å². The minimum Gasteiger partial charge on any atom is -0.457 e. The number of halogens is 3. The van der Waals surface area contributed by atoms with Crippen molar-refractivity contribution >= 4 is 11.8 Å². The van der Waals surface area contributed by atoms with E-state index >= 15 is 0 Å². The molecule has 1 aliphatic rings. The molecule has 0 radical (unpaired) electrons. The number of hydrogen-bond donors (Lipinski definition) is 0. The summed E-state index contributed by atoms with van der Waals surface area (Å²) in [7, 11) is 0. The van der Waals surface area contributed by atoms with Crippen LogP contribution in [-0.4, -0.2) is 29.3 Å². The summed E-state index contributed by atoms with van der Waals surface area (Å²) in [5, 5.41) is 0. The van der Waals surface area contributed by atoms with Crippen molar-refractivity contribution in [1.82, 2.24) is 4.98 Å². The van der Waals surface area contributed by atoms with E-state index in [0.29, 0.717) is 0 Å². The molecular weight excluding hydrogens is 299 g/mol. The predicted molar refractivity (Wildman–Crippen MR) is 70.8 cm³/mol. The number of pyridine rings is 1. The van der Waals surface area contributed by atoms with Crippen molar-refractivity contribution in [2.75, 3.05) is 6.61 Å². The highest BCUT2D eigenvalue weighted by atomic mass is 19.3. The molecule has 0 bridgehead atoms. The molecule has 22 heavy (non-hydrogen) atoms.